The van der Waals surface area contributed by atoms with Crippen LogP contribution in [0.1, 0.15) is 13.8 Å². The summed E-state index contributed by atoms with van der Waals surface area (Å²) in [5.41, 5.74) is 6.34. The van der Waals surface area contributed by atoms with Crippen molar-refractivity contribution in [1.82, 2.24) is 24.4 Å². The number of fused-ring (bicyclic) bond motifs is 1. The number of aliphatic hydroxyl groups is 1. The lowest BCUT2D eigenvalue weighted by Crippen LogP contribution is -2.48. The van der Waals surface area contributed by atoms with Crippen LogP contribution in [0.3, 0.4) is 0 Å². The van der Waals surface area contributed by atoms with Gasteiger partial charge in [0.05, 0.1) is 31.2 Å². The summed E-state index contributed by atoms with van der Waals surface area (Å²) in [5.74, 6) is 1.00. The van der Waals surface area contributed by atoms with Crippen LogP contribution >= 0.6 is 0 Å². The Labute approximate surface area is 129 Å². The van der Waals surface area contributed by atoms with E-state index >= 15 is 0 Å². The van der Waals surface area contributed by atoms with Gasteiger partial charge in [-0.05, 0) is 13.8 Å². The van der Waals surface area contributed by atoms with E-state index in [0.717, 1.165) is 13.1 Å². The number of nitrogens with zero attached hydrogens (tertiary/aromatic N) is 5. The fourth-order valence-corrected chi connectivity index (χ4v) is 3.05. The van der Waals surface area contributed by atoms with E-state index in [1.807, 2.05) is 0 Å². The molecule has 3 heterocycles. The standard InChI is InChI=1S/C14H22N6O2/c1-9-3-19(4-10(2)22-9)5-11(21)6-20-8-18-13(15)12-14(20)17-7-16-12/h7-11,21H,3-6,15H2,1-2H3/t9-,10-,11?/m1/s1. The zero-order valence-corrected chi connectivity index (χ0v) is 12.9. The van der Waals surface area contributed by atoms with Crippen LogP contribution in [0.5, 0.6) is 0 Å². The molecule has 0 aromatic rings. The Morgan fingerprint density at radius 1 is 1.27 bits per heavy atom. The number of aromatic nitrogens is 4. The van der Waals surface area contributed by atoms with Crippen LogP contribution in [0.25, 0.3) is 11.5 Å². The minimum Gasteiger partial charge on any atom is -0.390 e. The molecule has 0 aromatic heterocycles. The summed E-state index contributed by atoms with van der Waals surface area (Å²) in [6.07, 6.45) is 2.91. The van der Waals surface area contributed by atoms with Gasteiger partial charge in [0.1, 0.15) is 12.0 Å². The quantitative estimate of drug-likeness (QED) is 0.808. The number of β-amino-alcohol motifs (C(OH)–C–C–N with tert-alkyl or cyclic N) is 1. The number of aliphatic hydroxyl groups excluding tert-OH is 1. The van der Waals surface area contributed by atoms with Crippen molar-refractivity contribution in [2.45, 2.75) is 38.7 Å². The molecule has 8 nitrogen and oxygen atoms in total. The highest BCUT2D eigenvalue weighted by Crippen LogP contribution is 2.21. The SMILES string of the molecule is C[C@@H]1CN(CC(O)Cn2cnc(N)c3ncnc2-3)C[C@@H](C)O1. The van der Waals surface area contributed by atoms with Crippen LogP contribution < -0.4 is 5.73 Å². The van der Waals surface area contributed by atoms with Gasteiger partial charge in [-0.2, -0.15) is 0 Å². The van der Waals surface area contributed by atoms with Gasteiger partial charge >= 0.3 is 0 Å². The summed E-state index contributed by atoms with van der Waals surface area (Å²) >= 11 is 0. The molecule has 0 aliphatic carbocycles. The molecule has 1 fully saturated rings. The van der Waals surface area contributed by atoms with E-state index in [1.54, 1.807) is 10.9 Å². The van der Waals surface area contributed by atoms with E-state index in [-0.39, 0.29) is 12.2 Å². The Balaban J connectivity index is 1.65. The average Bonchev–Trinajstić information content (AvgIpc) is 2.91. The second-order valence-corrected chi connectivity index (χ2v) is 5.96. The Hall–Kier alpha value is -1.77. The molecule has 0 radical (unpaired) electrons. The van der Waals surface area contributed by atoms with Gasteiger partial charge in [0.15, 0.2) is 11.6 Å². The van der Waals surface area contributed by atoms with E-state index in [0.29, 0.717) is 30.4 Å². The summed E-state index contributed by atoms with van der Waals surface area (Å²) < 4.78 is 7.49. The molecular weight excluding hydrogens is 284 g/mol. The normalized spacial score (nSPS) is 24.7. The van der Waals surface area contributed by atoms with Crippen LogP contribution in [0.15, 0.2) is 12.7 Å². The number of rotatable bonds is 4. The van der Waals surface area contributed by atoms with Gasteiger partial charge in [-0.25, -0.2) is 15.0 Å². The van der Waals surface area contributed by atoms with Gasteiger partial charge < -0.3 is 20.1 Å². The first-order valence-corrected chi connectivity index (χ1v) is 7.50. The minimum absolute atomic E-state index is 0.189. The van der Waals surface area contributed by atoms with E-state index in [1.165, 1.54) is 6.33 Å². The van der Waals surface area contributed by atoms with Gasteiger partial charge in [-0.1, -0.05) is 0 Å². The Kier molecular flexibility index (Phi) is 4.23. The Morgan fingerprint density at radius 2 is 2.00 bits per heavy atom. The van der Waals surface area contributed by atoms with E-state index in [9.17, 15) is 5.11 Å². The first-order valence-electron chi connectivity index (χ1n) is 7.50. The molecule has 1 saturated heterocycles. The van der Waals surface area contributed by atoms with Gasteiger partial charge in [0, 0.05) is 19.6 Å². The van der Waals surface area contributed by atoms with Crippen molar-refractivity contribution in [2.75, 3.05) is 25.4 Å². The third-order valence-corrected chi connectivity index (χ3v) is 3.80. The Morgan fingerprint density at radius 3 is 2.73 bits per heavy atom. The molecule has 22 heavy (non-hydrogen) atoms. The van der Waals surface area contributed by atoms with Crippen molar-refractivity contribution < 1.29 is 9.84 Å². The smallest absolute Gasteiger partial charge is 0.165 e. The molecule has 3 aliphatic rings. The number of hydrogen-bond acceptors (Lipinski definition) is 7. The largest absolute Gasteiger partial charge is 0.390 e. The number of nitrogens with two attached hydrogens (primary N) is 1. The van der Waals surface area contributed by atoms with E-state index in [4.69, 9.17) is 10.5 Å². The fraction of sp³-hybridized carbons (Fsp3) is 0.643. The van der Waals surface area contributed by atoms with Crippen molar-refractivity contribution in [3.63, 3.8) is 0 Å². The van der Waals surface area contributed by atoms with Crippen LogP contribution in [-0.2, 0) is 11.3 Å². The van der Waals surface area contributed by atoms with Gasteiger partial charge in [-0.3, -0.25) is 4.90 Å². The maximum absolute atomic E-state index is 10.4. The van der Waals surface area contributed by atoms with Crippen LogP contribution in [0, 0.1) is 0 Å². The molecule has 0 amide bonds. The predicted octanol–water partition coefficient (Wildman–Crippen LogP) is -0.170. The number of morpholine rings is 1. The number of hydrogen-bond donors (Lipinski definition) is 2. The molecule has 120 valence electrons. The maximum Gasteiger partial charge on any atom is 0.165 e. The molecule has 0 saturated carbocycles. The number of ether oxygens (including phenoxy) is 1. The lowest BCUT2D eigenvalue weighted by Gasteiger charge is -2.36. The zero-order chi connectivity index (χ0) is 15.7. The van der Waals surface area contributed by atoms with Crippen LogP contribution in [0.4, 0.5) is 5.82 Å². The molecule has 1 unspecified atom stereocenters. The second-order valence-electron chi connectivity index (χ2n) is 5.96. The number of imidazole rings is 1. The summed E-state index contributed by atoms with van der Waals surface area (Å²) in [5, 5.41) is 10.4. The van der Waals surface area contributed by atoms with Gasteiger partial charge in [0.2, 0.25) is 0 Å². The lowest BCUT2D eigenvalue weighted by molar-refractivity contribution is -0.0772. The van der Waals surface area contributed by atoms with Crippen LogP contribution in [0.2, 0.25) is 0 Å². The van der Waals surface area contributed by atoms with Crippen molar-refractivity contribution in [2.24, 2.45) is 0 Å². The predicted molar refractivity (Wildman–Crippen MR) is 81.3 cm³/mol. The summed E-state index contributed by atoms with van der Waals surface area (Å²) in [6, 6.07) is 0. The summed E-state index contributed by atoms with van der Waals surface area (Å²) in [6.45, 7) is 6.76. The zero-order valence-electron chi connectivity index (χ0n) is 12.9. The minimum atomic E-state index is -0.521. The number of anilines is 1. The van der Waals surface area contributed by atoms with Crippen molar-refractivity contribution in [3.8, 4) is 11.5 Å². The average molecular weight is 306 g/mol. The molecular formula is C14H22N6O2. The molecule has 0 bridgehead atoms. The third-order valence-electron chi connectivity index (χ3n) is 3.80. The molecule has 0 spiro atoms. The summed E-state index contributed by atoms with van der Waals surface area (Å²) in [4.78, 5) is 14.6. The van der Waals surface area contributed by atoms with E-state index in [2.05, 4.69) is 33.7 Å². The Bertz CT molecular complexity index is 593. The molecule has 3 aliphatic heterocycles. The molecule has 3 N–H and O–H groups in total. The van der Waals surface area contributed by atoms with Gasteiger partial charge in [-0.15, -0.1) is 0 Å². The molecule has 3 rings (SSSR count). The van der Waals surface area contributed by atoms with Crippen molar-refractivity contribution in [1.29, 1.82) is 0 Å². The maximum atomic E-state index is 10.4. The second kappa shape index (κ2) is 6.15. The van der Waals surface area contributed by atoms with Crippen molar-refractivity contribution >= 4 is 5.82 Å². The molecule has 8 heteroatoms. The third kappa shape index (κ3) is 3.18. The topological polar surface area (TPSA) is 102 Å². The van der Waals surface area contributed by atoms with Crippen molar-refractivity contribution in [3.05, 3.63) is 12.7 Å². The highest BCUT2D eigenvalue weighted by Gasteiger charge is 2.24. The van der Waals surface area contributed by atoms with E-state index < -0.39 is 6.10 Å². The first kappa shape index (κ1) is 15.1. The summed E-state index contributed by atoms with van der Waals surface area (Å²) in [7, 11) is 0. The highest BCUT2D eigenvalue weighted by atomic mass is 16.5. The first-order chi connectivity index (χ1) is 10.5. The van der Waals surface area contributed by atoms with Gasteiger partial charge in [0.25, 0.3) is 0 Å². The lowest BCUT2D eigenvalue weighted by atomic mass is 10.2. The highest BCUT2D eigenvalue weighted by molar-refractivity contribution is 5.64. The van der Waals surface area contributed by atoms with Crippen LogP contribution in [-0.4, -0.2) is 67.5 Å². The monoisotopic (exact) mass is 306 g/mol. The molecule has 3 atom stereocenters. The molecule has 0 aromatic carbocycles. The fourth-order valence-electron chi connectivity index (χ4n) is 3.05. The number of nitrogen functional groups attached to an aromatic ring is 1.